The lowest BCUT2D eigenvalue weighted by atomic mass is 10.2. The van der Waals surface area contributed by atoms with Gasteiger partial charge in [-0.1, -0.05) is 0 Å². The molecule has 1 aliphatic heterocycles. The van der Waals surface area contributed by atoms with E-state index in [1.807, 2.05) is 0 Å². The van der Waals surface area contributed by atoms with Crippen LogP contribution in [0.25, 0.3) is 11.0 Å². The number of aromatic amines is 1. The number of imidazole rings is 1. The fourth-order valence-corrected chi connectivity index (χ4v) is 3.44. The molecule has 17 heavy (non-hydrogen) atoms. The van der Waals surface area contributed by atoms with E-state index in [2.05, 4.69) is 62.3 Å². The van der Waals surface area contributed by atoms with Crippen LogP contribution in [0.2, 0.25) is 0 Å². The minimum atomic E-state index is 0.515. The van der Waals surface area contributed by atoms with Crippen molar-refractivity contribution in [1.82, 2.24) is 14.5 Å². The molecule has 0 saturated carbocycles. The van der Waals surface area contributed by atoms with Gasteiger partial charge in [0.05, 0.1) is 17.1 Å². The number of likely N-dealkylation sites (tertiary alicyclic amines) is 1. The molecule has 0 radical (unpaired) electrons. The predicted molar refractivity (Wildman–Crippen MR) is 81.0 cm³/mol. The second-order valence-electron chi connectivity index (χ2n) is 4.67. The lowest BCUT2D eigenvalue weighted by Gasteiger charge is -2.13. The van der Waals surface area contributed by atoms with Gasteiger partial charge in [0, 0.05) is 10.1 Å². The zero-order chi connectivity index (χ0) is 12.0. The quantitative estimate of drug-likeness (QED) is 0.625. The van der Waals surface area contributed by atoms with Gasteiger partial charge in [-0.05, 0) is 73.0 Å². The molecule has 0 aliphatic carbocycles. The summed E-state index contributed by atoms with van der Waals surface area (Å²) in [4.78, 5) is 5.67. The van der Waals surface area contributed by atoms with E-state index in [0.29, 0.717) is 6.04 Å². The third kappa shape index (κ3) is 2.04. The van der Waals surface area contributed by atoms with Crippen molar-refractivity contribution in [3.8, 4) is 0 Å². The Balaban J connectivity index is 2.15. The van der Waals surface area contributed by atoms with Crippen molar-refractivity contribution in [3.63, 3.8) is 0 Å². The van der Waals surface area contributed by atoms with E-state index >= 15 is 0 Å². The summed E-state index contributed by atoms with van der Waals surface area (Å²) < 4.78 is 4.37. The average molecular weight is 359 g/mol. The van der Waals surface area contributed by atoms with Crippen LogP contribution in [0.15, 0.2) is 18.2 Å². The molecule has 0 amide bonds. The maximum Gasteiger partial charge on any atom is 0.178 e. The second kappa shape index (κ2) is 4.37. The van der Waals surface area contributed by atoms with Crippen LogP contribution >= 0.6 is 34.8 Å². The summed E-state index contributed by atoms with van der Waals surface area (Å²) >= 11 is 7.79. The standard InChI is InChI=1S/C12H14IN3S/c1-15-5-4-9(7-15)16-11-3-2-8(13)6-10(11)14-12(16)17/h2-3,6,9H,4-5,7H2,1H3,(H,14,17). The van der Waals surface area contributed by atoms with E-state index in [1.54, 1.807) is 0 Å². The van der Waals surface area contributed by atoms with Gasteiger partial charge < -0.3 is 14.5 Å². The number of hydrogen-bond donors (Lipinski definition) is 1. The molecule has 2 aromatic rings. The van der Waals surface area contributed by atoms with E-state index < -0.39 is 0 Å². The van der Waals surface area contributed by atoms with E-state index in [-0.39, 0.29) is 0 Å². The molecule has 1 N–H and O–H groups in total. The van der Waals surface area contributed by atoms with Gasteiger partial charge in [0.1, 0.15) is 0 Å². The third-order valence-electron chi connectivity index (χ3n) is 3.41. The Morgan fingerprint density at radius 3 is 3.00 bits per heavy atom. The van der Waals surface area contributed by atoms with Gasteiger partial charge in [-0.2, -0.15) is 0 Å². The summed E-state index contributed by atoms with van der Waals surface area (Å²) in [6.45, 7) is 2.25. The molecule has 1 saturated heterocycles. The fourth-order valence-electron chi connectivity index (χ4n) is 2.59. The Labute approximate surface area is 119 Å². The van der Waals surface area contributed by atoms with Gasteiger partial charge in [0.2, 0.25) is 0 Å². The highest BCUT2D eigenvalue weighted by Crippen LogP contribution is 2.26. The largest absolute Gasteiger partial charge is 0.331 e. The first-order valence-electron chi connectivity index (χ1n) is 5.73. The summed E-state index contributed by atoms with van der Waals surface area (Å²) in [6.07, 6.45) is 1.18. The van der Waals surface area contributed by atoms with Crippen LogP contribution in [-0.2, 0) is 0 Å². The van der Waals surface area contributed by atoms with E-state index in [9.17, 15) is 0 Å². The molecule has 1 aromatic carbocycles. The molecule has 1 atom stereocenters. The molecular formula is C12H14IN3S. The summed E-state index contributed by atoms with van der Waals surface area (Å²) in [5, 5.41) is 0. The molecule has 1 fully saturated rings. The monoisotopic (exact) mass is 359 g/mol. The average Bonchev–Trinajstić information content (AvgIpc) is 2.80. The smallest absolute Gasteiger partial charge is 0.178 e. The summed E-state index contributed by atoms with van der Waals surface area (Å²) in [6, 6.07) is 6.98. The van der Waals surface area contributed by atoms with Gasteiger partial charge in [-0.15, -0.1) is 0 Å². The lowest BCUT2D eigenvalue weighted by Crippen LogP contribution is -2.16. The van der Waals surface area contributed by atoms with Gasteiger partial charge in [-0.25, -0.2) is 0 Å². The molecule has 1 unspecified atom stereocenters. The normalized spacial score (nSPS) is 21.4. The van der Waals surface area contributed by atoms with Crippen LogP contribution in [0.1, 0.15) is 12.5 Å². The van der Waals surface area contributed by atoms with Gasteiger partial charge in [0.15, 0.2) is 4.77 Å². The number of hydrogen-bond acceptors (Lipinski definition) is 2. The Morgan fingerprint density at radius 2 is 2.29 bits per heavy atom. The van der Waals surface area contributed by atoms with Gasteiger partial charge in [-0.3, -0.25) is 0 Å². The molecule has 0 bridgehead atoms. The number of nitrogens with one attached hydrogen (secondary N) is 1. The highest BCUT2D eigenvalue weighted by atomic mass is 127. The van der Waals surface area contributed by atoms with Crippen molar-refractivity contribution in [2.24, 2.45) is 0 Å². The van der Waals surface area contributed by atoms with Crippen molar-refractivity contribution >= 4 is 45.8 Å². The van der Waals surface area contributed by atoms with Crippen molar-refractivity contribution in [2.75, 3.05) is 20.1 Å². The highest BCUT2D eigenvalue weighted by molar-refractivity contribution is 14.1. The minimum absolute atomic E-state index is 0.515. The zero-order valence-corrected chi connectivity index (χ0v) is 12.6. The van der Waals surface area contributed by atoms with Crippen molar-refractivity contribution < 1.29 is 0 Å². The molecular weight excluding hydrogens is 345 g/mol. The Hall–Kier alpha value is -0.400. The maximum atomic E-state index is 5.46. The Bertz CT molecular complexity index is 616. The lowest BCUT2D eigenvalue weighted by molar-refractivity contribution is 0.394. The predicted octanol–water partition coefficient (Wildman–Crippen LogP) is 3.18. The third-order valence-corrected chi connectivity index (χ3v) is 4.38. The van der Waals surface area contributed by atoms with E-state index in [0.717, 1.165) is 23.4 Å². The molecule has 90 valence electrons. The first kappa shape index (κ1) is 11.7. The van der Waals surface area contributed by atoms with Crippen LogP contribution in [0.4, 0.5) is 0 Å². The number of fused-ring (bicyclic) bond motifs is 1. The number of halogens is 1. The summed E-state index contributed by atoms with van der Waals surface area (Å²) in [5.74, 6) is 0. The molecule has 1 aliphatic rings. The van der Waals surface area contributed by atoms with E-state index in [1.165, 1.54) is 15.5 Å². The topological polar surface area (TPSA) is 24.0 Å². The molecule has 2 heterocycles. The van der Waals surface area contributed by atoms with Crippen LogP contribution in [0, 0.1) is 8.34 Å². The fraction of sp³-hybridized carbons (Fsp3) is 0.417. The van der Waals surface area contributed by atoms with Crippen molar-refractivity contribution in [2.45, 2.75) is 12.5 Å². The highest BCUT2D eigenvalue weighted by Gasteiger charge is 2.23. The zero-order valence-electron chi connectivity index (χ0n) is 9.61. The van der Waals surface area contributed by atoms with Crippen LogP contribution in [0.3, 0.4) is 0 Å². The summed E-state index contributed by atoms with van der Waals surface area (Å²) in [7, 11) is 2.17. The number of H-pyrrole nitrogens is 1. The van der Waals surface area contributed by atoms with Crippen LogP contribution < -0.4 is 0 Å². The second-order valence-corrected chi connectivity index (χ2v) is 6.30. The van der Waals surface area contributed by atoms with Gasteiger partial charge >= 0.3 is 0 Å². The minimum Gasteiger partial charge on any atom is -0.331 e. The molecule has 5 heteroatoms. The number of aromatic nitrogens is 2. The first-order valence-corrected chi connectivity index (χ1v) is 7.22. The number of rotatable bonds is 1. The first-order chi connectivity index (χ1) is 8.15. The molecule has 3 nitrogen and oxygen atoms in total. The molecule has 3 rings (SSSR count). The van der Waals surface area contributed by atoms with Crippen LogP contribution in [-0.4, -0.2) is 34.6 Å². The van der Waals surface area contributed by atoms with Gasteiger partial charge in [0.25, 0.3) is 0 Å². The van der Waals surface area contributed by atoms with Crippen LogP contribution in [0.5, 0.6) is 0 Å². The van der Waals surface area contributed by atoms with E-state index in [4.69, 9.17) is 12.2 Å². The number of likely N-dealkylation sites (N-methyl/N-ethyl adjacent to an activating group) is 1. The van der Waals surface area contributed by atoms with Crippen molar-refractivity contribution in [3.05, 3.63) is 26.5 Å². The molecule has 0 spiro atoms. The SMILES string of the molecule is CN1CCC(n2c(=S)[nH]c3cc(I)ccc32)C1. The summed E-state index contributed by atoms with van der Waals surface area (Å²) in [5.41, 5.74) is 2.38. The maximum absolute atomic E-state index is 5.46. The van der Waals surface area contributed by atoms with Crippen molar-refractivity contribution in [1.29, 1.82) is 0 Å². The number of nitrogens with zero attached hydrogens (tertiary/aromatic N) is 2. The molecule has 1 aromatic heterocycles. The number of benzene rings is 1. The Morgan fingerprint density at radius 1 is 1.47 bits per heavy atom. The Kier molecular flexibility index (Phi) is 3.00.